The lowest BCUT2D eigenvalue weighted by atomic mass is 9.74. The van der Waals surface area contributed by atoms with Crippen molar-refractivity contribution in [3.05, 3.63) is 33.9 Å². The van der Waals surface area contributed by atoms with Crippen molar-refractivity contribution in [2.24, 2.45) is 0 Å². The lowest BCUT2D eigenvalue weighted by Crippen LogP contribution is -2.57. The van der Waals surface area contributed by atoms with Gasteiger partial charge in [-0.1, -0.05) is 19.1 Å². The third-order valence-corrected chi connectivity index (χ3v) is 7.21. The molecule has 1 aliphatic heterocycles. The largest absolute Gasteiger partial charge is 0.349 e. The zero-order valence-electron chi connectivity index (χ0n) is 17.1. The summed E-state index contributed by atoms with van der Waals surface area (Å²) in [4.78, 5) is 20.7. The summed E-state index contributed by atoms with van der Waals surface area (Å²) in [5, 5.41) is 4.72. The fraction of sp³-hybridized carbons (Fsp3) is 0.591. The number of piperidine rings is 1. The summed E-state index contributed by atoms with van der Waals surface area (Å²) in [5.41, 5.74) is 4.07. The Morgan fingerprint density at radius 1 is 1.32 bits per heavy atom. The van der Waals surface area contributed by atoms with Crippen molar-refractivity contribution in [1.82, 2.24) is 20.1 Å². The van der Waals surface area contributed by atoms with E-state index in [0.717, 1.165) is 50.0 Å². The fourth-order valence-electron chi connectivity index (χ4n) is 5.27. The highest BCUT2D eigenvalue weighted by atomic mass is 79.9. The SMILES string of the molecule is CCCN1C[C@@H](NC(=O)N(CC)CC)C[C@@H]2c3cccc4[nH]c(Br)c(c34)C[C@H]21. The second kappa shape index (κ2) is 8.07. The number of hydrogen-bond acceptors (Lipinski definition) is 2. The number of urea groups is 1. The molecule has 0 saturated carbocycles. The van der Waals surface area contributed by atoms with Crippen LogP contribution >= 0.6 is 15.9 Å². The number of carbonyl (C=O) groups excluding carboxylic acids is 1. The lowest BCUT2D eigenvalue weighted by Gasteiger charge is -2.47. The van der Waals surface area contributed by atoms with Crippen molar-refractivity contribution in [3.63, 3.8) is 0 Å². The number of halogens is 1. The third-order valence-electron chi connectivity index (χ3n) is 6.54. The monoisotopic (exact) mass is 446 g/mol. The standard InChI is InChI=1S/C22H31BrN4O/c1-4-10-27-13-14(24-22(28)26(5-2)6-3)11-16-15-8-7-9-18-20(15)17(12-19(16)27)21(23)25-18/h7-9,14,16,19,25H,4-6,10-13H2,1-3H3,(H,24,28)/t14-,16+,19+/m0/s1. The van der Waals surface area contributed by atoms with Gasteiger partial charge in [-0.25, -0.2) is 4.79 Å². The second-order valence-corrected chi connectivity index (χ2v) is 8.91. The van der Waals surface area contributed by atoms with E-state index in [1.807, 2.05) is 18.7 Å². The van der Waals surface area contributed by atoms with E-state index in [4.69, 9.17) is 0 Å². The summed E-state index contributed by atoms with van der Waals surface area (Å²) in [6.07, 6.45) is 3.21. The van der Waals surface area contributed by atoms with Gasteiger partial charge in [0.15, 0.2) is 0 Å². The summed E-state index contributed by atoms with van der Waals surface area (Å²) >= 11 is 3.75. The molecule has 6 heteroatoms. The van der Waals surface area contributed by atoms with Crippen LogP contribution in [0.4, 0.5) is 4.79 Å². The van der Waals surface area contributed by atoms with Gasteiger partial charge in [-0.3, -0.25) is 4.90 Å². The molecule has 1 aliphatic carbocycles. The third kappa shape index (κ3) is 3.35. The normalized spacial score (nSPS) is 24.2. The molecule has 1 aromatic carbocycles. The Kier molecular flexibility index (Phi) is 5.70. The maximum absolute atomic E-state index is 12.7. The van der Waals surface area contributed by atoms with Crippen molar-refractivity contribution in [1.29, 1.82) is 0 Å². The average molecular weight is 447 g/mol. The average Bonchev–Trinajstić information content (AvgIpc) is 3.00. The predicted octanol–water partition coefficient (Wildman–Crippen LogP) is 4.47. The van der Waals surface area contributed by atoms with E-state index in [9.17, 15) is 4.79 Å². The Bertz CT molecular complexity index is 860. The molecular formula is C22H31BrN4O. The van der Waals surface area contributed by atoms with Crippen LogP contribution in [0, 0.1) is 0 Å². The van der Waals surface area contributed by atoms with Gasteiger partial charge >= 0.3 is 6.03 Å². The molecular weight excluding hydrogens is 416 g/mol. The van der Waals surface area contributed by atoms with Gasteiger partial charge in [-0.05, 0) is 72.8 Å². The molecule has 2 amide bonds. The highest BCUT2D eigenvalue weighted by molar-refractivity contribution is 9.10. The summed E-state index contributed by atoms with van der Waals surface area (Å²) < 4.78 is 1.13. The molecule has 0 radical (unpaired) electrons. The molecule has 152 valence electrons. The van der Waals surface area contributed by atoms with Crippen LogP contribution < -0.4 is 5.32 Å². The van der Waals surface area contributed by atoms with Gasteiger partial charge < -0.3 is 15.2 Å². The van der Waals surface area contributed by atoms with Crippen LogP contribution in [0.3, 0.4) is 0 Å². The smallest absolute Gasteiger partial charge is 0.317 e. The number of aromatic nitrogens is 1. The minimum atomic E-state index is 0.0731. The first-order chi connectivity index (χ1) is 13.6. The molecule has 2 aromatic rings. The second-order valence-electron chi connectivity index (χ2n) is 8.11. The topological polar surface area (TPSA) is 51.4 Å². The molecule has 1 aromatic heterocycles. The van der Waals surface area contributed by atoms with Gasteiger partial charge in [0.05, 0.1) is 4.60 Å². The van der Waals surface area contributed by atoms with Crippen LogP contribution in [0.15, 0.2) is 22.8 Å². The fourth-order valence-corrected chi connectivity index (χ4v) is 5.84. The molecule has 4 rings (SSSR count). The van der Waals surface area contributed by atoms with Crippen molar-refractivity contribution in [3.8, 4) is 0 Å². The van der Waals surface area contributed by atoms with Gasteiger partial charge in [0.25, 0.3) is 0 Å². The van der Waals surface area contributed by atoms with Gasteiger partial charge in [0, 0.05) is 48.5 Å². The quantitative estimate of drug-likeness (QED) is 0.711. The highest BCUT2D eigenvalue weighted by Crippen LogP contribution is 2.45. The summed E-state index contributed by atoms with van der Waals surface area (Å²) in [5.74, 6) is 0.459. The van der Waals surface area contributed by atoms with E-state index in [1.165, 1.54) is 22.0 Å². The number of nitrogens with one attached hydrogen (secondary N) is 2. The number of rotatable bonds is 5. The van der Waals surface area contributed by atoms with Crippen molar-refractivity contribution >= 4 is 32.9 Å². The van der Waals surface area contributed by atoms with Crippen molar-refractivity contribution in [2.45, 2.75) is 58.0 Å². The number of carbonyl (C=O) groups is 1. The molecule has 5 nitrogen and oxygen atoms in total. The number of nitrogens with zero attached hydrogens (tertiary/aromatic N) is 2. The Hall–Kier alpha value is -1.53. The van der Waals surface area contributed by atoms with Crippen LogP contribution in [0.2, 0.25) is 0 Å². The van der Waals surface area contributed by atoms with E-state index in [0.29, 0.717) is 12.0 Å². The molecule has 0 spiro atoms. The van der Waals surface area contributed by atoms with E-state index in [2.05, 4.69) is 56.3 Å². The maximum Gasteiger partial charge on any atom is 0.317 e. The zero-order chi connectivity index (χ0) is 19.8. The highest BCUT2D eigenvalue weighted by Gasteiger charge is 2.41. The lowest BCUT2D eigenvalue weighted by molar-refractivity contribution is 0.0979. The number of H-pyrrole nitrogens is 1. The van der Waals surface area contributed by atoms with E-state index in [1.54, 1.807) is 0 Å². The molecule has 1 fully saturated rings. The molecule has 2 N–H and O–H groups in total. The Balaban J connectivity index is 1.66. The van der Waals surface area contributed by atoms with Gasteiger partial charge in [0.1, 0.15) is 0 Å². The van der Waals surface area contributed by atoms with Crippen LogP contribution in [-0.4, -0.2) is 59.1 Å². The number of likely N-dealkylation sites (tertiary alicyclic amines) is 1. The van der Waals surface area contributed by atoms with Crippen LogP contribution in [-0.2, 0) is 6.42 Å². The van der Waals surface area contributed by atoms with Gasteiger partial charge in [0.2, 0.25) is 0 Å². The minimum Gasteiger partial charge on any atom is -0.349 e. The van der Waals surface area contributed by atoms with E-state index in [-0.39, 0.29) is 12.1 Å². The molecule has 0 bridgehead atoms. The van der Waals surface area contributed by atoms with Crippen molar-refractivity contribution < 1.29 is 4.79 Å². The van der Waals surface area contributed by atoms with Crippen LogP contribution in [0.1, 0.15) is 50.7 Å². The molecule has 2 heterocycles. The van der Waals surface area contributed by atoms with E-state index >= 15 is 0 Å². The summed E-state index contributed by atoms with van der Waals surface area (Å²) in [6, 6.07) is 7.40. The summed E-state index contributed by atoms with van der Waals surface area (Å²) in [7, 11) is 0. The number of aromatic amines is 1. The first-order valence-electron chi connectivity index (χ1n) is 10.7. The zero-order valence-corrected chi connectivity index (χ0v) is 18.7. The first-order valence-corrected chi connectivity index (χ1v) is 11.4. The van der Waals surface area contributed by atoms with Crippen LogP contribution in [0.25, 0.3) is 10.9 Å². The van der Waals surface area contributed by atoms with Crippen molar-refractivity contribution in [2.75, 3.05) is 26.2 Å². The molecule has 0 unspecified atom stereocenters. The number of fused-ring (bicyclic) bond motifs is 2. The Labute approximate surface area is 176 Å². The molecule has 1 saturated heterocycles. The Morgan fingerprint density at radius 3 is 2.82 bits per heavy atom. The number of hydrogen-bond donors (Lipinski definition) is 2. The van der Waals surface area contributed by atoms with Crippen LogP contribution in [0.5, 0.6) is 0 Å². The maximum atomic E-state index is 12.7. The molecule has 3 atom stereocenters. The van der Waals surface area contributed by atoms with E-state index < -0.39 is 0 Å². The minimum absolute atomic E-state index is 0.0731. The Morgan fingerprint density at radius 2 is 2.11 bits per heavy atom. The number of benzene rings is 1. The molecule has 28 heavy (non-hydrogen) atoms. The van der Waals surface area contributed by atoms with Gasteiger partial charge in [-0.2, -0.15) is 0 Å². The first kappa shape index (κ1) is 19.8. The summed E-state index contributed by atoms with van der Waals surface area (Å²) in [6.45, 7) is 9.84. The van der Waals surface area contributed by atoms with Gasteiger partial charge in [-0.15, -0.1) is 0 Å². The predicted molar refractivity (Wildman–Crippen MR) is 118 cm³/mol. The number of amides is 2. The molecule has 2 aliphatic rings.